The van der Waals surface area contributed by atoms with Crippen LogP contribution in [0.25, 0.3) is 11.2 Å². The second kappa shape index (κ2) is 9.54. The number of rotatable bonds is 10. The highest BCUT2D eigenvalue weighted by atomic mass is 31.2. The van der Waals surface area contributed by atoms with E-state index in [1.807, 2.05) is 0 Å². The van der Waals surface area contributed by atoms with Crippen molar-refractivity contribution >= 4 is 30.5 Å². The van der Waals surface area contributed by atoms with Crippen LogP contribution < -0.4 is 15.3 Å². The van der Waals surface area contributed by atoms with Gasteiger partial charge in [0.1, 0.15) is 29.7 Å². The summed E-state index contributed by atoms with van der Waals surface area (Å²) in [6.45, 7) is 7.08. The molecule has 0 amide bonds. The minimum Gasteiger partial charge on any atom is -0.632 e. The number of benzene rings is 1. The third-order valence-corrected chi connectivity index (χ3v) is 8.13. The SMILES string of the molecule is CC(C)OC(=O)[C@H](C)N[P@](=O)(C[N+]1([O-])C(Cn2cnc3c(N)ncnc32)[C@H]1C)Oc1ccccc1. The number of nitrogens with two attached hydrogens (primary N) is 1. The molecule has 2 unspecified atom stereocenters. The lowest BCUT2D eigenvalue weighted by molar-refractivity contribution is -0.760. The van der Waals surface area contributed by atoms with Gasteiger partial charge in [-0.1, -0.05) is 18.2 Å². The molecule has 1 saturated heterocycles. The molecule has 1 fully saturated rings. The van der Waals surface area contributed by atoms with E-state index >= 15 is 0 Å². The van der Waals surface area contributed by atoms with E-state index in [4.69, 9.17) is 15.0 Å². The van der Waals surface area contributed by atoms with Crippen LogP contribution in [0.5, 0.6) is 5.75 Å². The first-order valence-corrected chi connectivity index (χ1v) is 13.1. The molecule has 3 heterocycles. The fourth-order valence-corrected chi connectivity index (χ4v) is 6.49. The molecule has 5 atom stereocenters. The molecule has 1 aromatic carbocycles. The molecule has 3 N–H and O–H groups in total. The van der Waals surface area contributed by atoms with E-state index in [2.05, 4.69) is 20.0 Å². The van der Waals surface area contributed by atoms with Gasteiger partial charge in [0, 0.05) is 0 Å². The number of para-hydroxylation sites is 1. The Morgan fingerprint density at radius 1 is 1.26 bits per heavy atom. The molecule has 13 heteroatoms. The number of aromatic nitrogens is 4. The van der Waals surface area contributed by atoms with Gasteiger partial charge >= 0.3 is 13.5 Å². The van der Waals surface area contributed by atoms with Gasteiger partial charge in [-0.2, -0.15) is 0 Å². The molecule has 4 rings (SSSR count). The predicted octanol–water partition coefficient (Wildman–Crippen LogP) is 2.65. The van der Waals surface area contributed by atoms with Crippen molar-refractivity contribution in [2.75, 3.05) is 12.0 Å². The third kappa shape index (κ3) is 5.30. The minimum absolute atomic E-state index is 0.257. The summed E-state index contributed by atoms with van der Waals surface area (Å²) in [6, 6.07) is 6.83. The van der Waals surface area contributed by atoms with Crippen molar-refractivity contribution in [3.8, 4) is 5.75 Å². The van der Waals surface area contributed by atoms with Crippen LogP contribution in [0.3, 0.4) is 0 Å². The van der Waals surface area contributed by atoms with Gasteiger partial charge in [0.2, 0.25) is 0 Å². The number of ether oxygens (including phenoxy) is 1. The van der Waals surface area contributed by atoms with Crippen molar-refractivity contribution in [3.63, 3.8) is 0 Å². The maximum absolute atomic E-state index is 14.0. The number of nitrogens with zero attached hydrogens (tertiary/aromatic N) is 5. The lowest BCUT2D eigenvalue weighted by Gasteiger charge is -2.31. The second-order valence-corrected chi connectivity index (χ2v) is 11.1. The first-order chi connectivity index (χ1) is 16.5. The van der Waals surface area contributed by atoms with Gasteiger partial charge in [-0.05, 0) is 39.8 Å². The summed E-state index contributed by atoms with van der Waals surface area (Å²) < 4.78 is 26.0. The van der Waals surface area contributed by atoms with E-state index in [1.165, 1.54) is 13.3 Å². The number of hydrogen-bond acceptors (Lipinski definition) is 9. The summed E-state index contributed by atoms with van der Waals surface area (Å²) in [5.74, 6) is 0.0118. The summed E-state index contributed by atoms with van der Waals surface area (Å²) in [7, 11) is -3.84. The largest absolute Gasteiger partial charge is 0.632 e. The van der Waals surface area contributed by atoms with E-state index in [9.17, 15) is 14.6 Å². The standard InChI is InChI=1S/C22H30N7O5P/c1-14(2)33-22(30)15(3)27-35(32,34-17-8-6-5-7-9-17)13-29(31)16(4)18(29)10-28-12-26-19-20(23)24-11-25-21(19)28/h5-9,11-12,14-16,18H,10,13H2,1-4H3,(H,27,32)(H2,23,24,25)/t15-,16+,18?,29?,35-/m0/s1. The van der Waals surface area contributed by atoms with Crippen molar-refractivity contribution in [1.82, 2.24) is 24.6 Å². The highest BCUT2D eigenvalue weighted by Crippen LogP contribution is 2.53. The number of carbonyl (C=O) groups is 1. The van der Waals surface area contributed by atoms with Gasteiger partial charge in [-0.3, -0.25) is 9.36 Å². The van der Waals surface area contributed by atoms with Gasteiger partial charge in [-0.25, -0.2) is 20.0 Å². The Kier molecular flexibility index (Phi) is 6.83. The summed E-state index contributed by atoms with van der Waals surface area (Å²) in [5.41, 5.74) is 6.85. The fourth-order valence-electron chi connectivity index (χ4n) is 4.09. The van der Waals surface area contributed by atoms with Gasteiger partial charge in [-0.15, -0.1) is 0 Å². The van der Waals surface area contributed by atoms with E-state index in [0.717, 1.165) is 0 Å². The van der Waals surface area contributed by atoms with Crippen LogP contribution in [0.2, 0.25) is 0 Å². The Hall–Kier alpha value is -3.05. The quantitative estimate of drug-likeness (QED) is 0.139. The van der Waals surface area contributed by atoms with Crippen LogP contribution in [0.1, 0.15) is 27.7 Å². The first kappa shape index (κ1) is 25.1. The third-order valence-electron chi connectivity index (χ3n) is 6.03. The molecule has 1 aliphatic heterocycles. The van der Waals surface area contributed by atoms with Gasteiger partial charge < -0.3 is 29.4 Å². The van der Waals surface area contributed by atoms with E-state index < -0.39 is 30.2 Å². The number of hydrogen-bond donors (Lipinski definition) is 2. The summed E-state index contributed by atoms with van der Waals surface area (Å²) in [5, 5.41) is 16.5. The van der Waals surface area contributed by atoms with E-state index in [0.29, 0.717) is 23.5 Å². The van der Waals surface area contributed by atoms with Gasteiger partial charge in [0.25, 0.3) is 0 Å². The predicted molar refractivity (Wildman–Crippen MR) is 130 cm³/mol. The minimum atomic E-state index is -3.84. The zero-order valence-electron chi connectivity index (χ0n) is 20.1. The number of nitrogens with one attached hydrogen (secondary N) is 1. The molecule has 35 heavy (non-hydrogen) atoms. The van der Waals surface area contributed by atoms with Crippen LogP contribution in [-0.4, -0.2) is 60.7 Å². The van der Waals surface area contributed by atoms with Crippen LogP contribution >= 0.6 is 7.52 Å². The smallest absolute Gasteiger partial charge is 0.371 e. The Balaban J connectivity index is 1.55. The average molecular weight is 504 g/mol. The second-order valence-electron chi connectivity index (χ2n) is 9.05. The number of imidazole rings is 1. The van der Waals surface area contributed by atoms with Crippen LogP contribution in [-0.2, 0) is 20.6 Å². The molecule has 1 aliphatic rings. The Morgan fingerprint density at radius 3 is 2.66 bits per heavy atom. The lowest BCUT2D eigenvalue weighted by Crippen LogP contribution is -2.39. The zero-order valence-corrected chi connectivity index (χ0v) is 21.0. The van der Waals surface area contributed by atoms with E-state index in [1.54, 1.807) is 62.0 Å². The number of fused-ring (bicyclic) bond motifs is 1. The lowest BCUT2D eigenvalue weighted by atomic mass is 10.3. The normalized spacial score (nSPS) is 24.2. The molecule has 0 radical (unpaired) electrons. The van der Waals surface area contributed by atoms with Crippen molar-refractivity contribution in [3.05, 3.63) is 48.2 Å². The molecule has 0 bridgehead atoms. The number of anilines is 1. The number of carbonyl (C=O) groups excluding carboxylic acids is 1. The summed E-state index contributed by atoms with van der Waals surface area (Å²) >= 11 is 0. The van der Waals surface area contributed by atoms with E-state index in [-0.39, 0.29) is 24.2 Å². The molecular weight excluding hydrogens is 473 g/mol. The highest BCUT2D eigenvalue weighted by molar-refractivity contribution is 7.57. The van der Waals surface area contributed by atoms with Crippen molar-refractivity contribution in [2.45, 2.75) is 58.5 Å². The topological polar surface area (TPSA) is 157 Å². The molecule has 2 aromatic heterocycles. The fraction of sp³-hybridized carbons (Fsp3) is 0.455. The molecule has 0 aliphatic carbocycles. The Morgan fingerprint density at radius 2 is 1.97 bits per heavy atom. The molecule has 12 nitrogen and oxygen atoms in total. The zero-order chi connectivity index (χ0) is 25.4. The Labute approximate surface area is 203 Å². The van der Waals surface area contributed by atoms with Crippen LogP contribution in [0.4, 0.5) is 5.82 Å². The van der Waals surface area contributed by atoms with Crippen molar-refractivity contribution in [2.24, 2.45) is 0 Å². The first-order valence-electron chi connectivity index (χ1n) is 11.3. The molecule has 0 spiro atoms. The van der Waals surface area contributed by atoms with Crippen molar-refractivity contribution in [1.29, 1.82) is 0 Å². The molecular formula is C22H30N7O5P. The number of quaternary nitrogens is 1. The molecule has 0 saturated carbocycles. The Bertz CT molecular complexity index is 1250. The average Bonchev–Trinajstić information content (AvgIpc) is 3.09. The maximum atomic E-state index is 14.0. The van der Waals surface area contributed by atoms with Gasteiger partial charge in [0.15, 0.2) is 23.8 Å². The number of esters is 1. The molecule has 188 valence electrons. The van der Waals surface area contributed by atoms with Crippen LogP contribution in [0.15, 0.2) is 43.0 Å². The van der Waals surface area contributed by atoms with Crippen molar-refractivity contribution < 1.29 is 23.3 Å². The maximum Gasteiger partial charge on any atom is 0.371 e. The number of nitrogen functional groups attached to an aromatic ring is 1. The number of hydroxylamine groups is 3. The summed E-state index contributed by atoms with van der Waals surface area (Å²) in [6.07, 6.45) is 2.21. The molecule has 3 aromatic rings. The highest BCUT2D eigenvalue weighted by Gasteiger charge is 2.60. The van der Waals surface area contributed by atoms with Crippen LogP contribution in [0, 0.1) is 5.21 Å². The van der Waals surface area contributed by atoms with Gasteiger partial charge in [0.05, 0.1) is 19.0 Å². The summed E-state index contributed by atoms with van der Waals surface area (Å²) in [4.78, 5) is 24.8. The monoisotopic (exact) mass is 503 g/mol.